The van der Waals surface area contributed by atoms with E-state index in [9.17, 15) is 0 Å². The van der Waals surface area contributed by atoms with Crippen LogP contribution in [0, 0.1) is 0 Å². The molecule has 0 atom stereocenters. The third-order valence-electron chi connectivity index (χ3n) is 2.81. The summed E-state index contributed by atoms with van der Waals surface area (Å²) in [4.78, 5) is 7.99. The Bertz CT molecular complexity index is 254. The predicted octanol–water partition coefficient (Wildman–Crippen LogP) is 1.90. The van der Waals surface area contributed by atoms with E-state index < -0.39 is 0 Å². The molecule has 3 heteroatoms. The summed E-state index contributed by atoms with van der Waals surface area (Å²) >= 11 is 0. The van der Waals surface area contributed by atoms with Crippen molar-refractivity contribution < 1.29 is 0 Å². The van der Waals surface area contributed by atoms with Gasteiger partial charge in [-0.05, 0) is 12.8 Å². The molecule has 0 amide bonds. The molecular formula is C11H17N3. The molecule has 0 unspecified atom stereocenters. The normalized spacial score (nSPS) is 18.3. The van der Waals surface area contributed by atoms with E-state index in [1.807, 2.05) is 12.4 Å². The van der Waals surface area contributed by atoms with Crippen molar-refractivity contribution in [3.63, 3.8) is 0 Å². The summed E-state index contributed by atoms with van der Waals surface area (Å²) in [5.41, 5.74) is 1.18. The average molecular weight is 191 g/mol. The summed E-state index contributed by atoms with van der Waals surface area (Å²) in [5.74, 6) is 0. The quantitative estimate of drug-likeness (QED) is 0.793. The largest absolute Gasteiger partial charge is 0.310 e. The minimum absolute atomic E-state index is 0.712. The van der Waals surface area contributed by atoms with Crippen LogP contribution in [0.1, 0.15) is 37.7 Å². The van der Waals surface area contributed by atoms with E-state index in [4.69, 9.17) is 0 Å². The van der Waals surface area contributed by atoms with Gasteiger partial charge in [-0.25, -0.2) is 9.97 Å². The van der Waals surface area contributed by atoms with Gasteiger partial charge in [-0.2, -0.15) is 0 Å². The molecule has 14 heavy (non-hydrogen) atoms. The number of aromatic nitrogens is 2. The highest BCUT2D eigenvalue weighted by Gasteiger charge is 2.11. The Morgan fingerprint density at radius 1 is 1.14 bits per heavy atom. The monoisotopic (exact) mass is 191 g/mol. The van der Waals surface area contributed by atoms with Gasteiger partial charge < -0.3 is 5.32 Å². The van der Waals surface area contributed by atoms with E-state index in [2.05, 4.69) is 15.3 Å². The third kappa shape index (κ3) is 2.77. The number of hydrogen-bond donors (Lipinski definition) is 1. The molecule has 1 aliphatic carbocycles. The summed E-state index contributed by atoms with van der Waals surface area (Å²) in [5, 5.41) is 3.56. The van der Waals surface area contributed by atoms with Crippen molar-refractivity contribution in [1.29, 1.82) is 0 Å². The molecule has 0 bridgehead atoms. The van der Waals surface area contributed by atoms with Gasteiger partial charge >= 0.3 is 0 Å². The smallest absolute Gasteiger partial charge is 0.115 e. The molecule has 0 radical (unpaired) electrons. The van der Waals surface area contributed by atoms with Gasteiger partial charge in [0.2, 0.25) is 0 Å². The maximum Gasteiger partial charge on any atom is 0.115 e. The summed E-state index contributed by atoms with van der Waals surface area (Å²) in [6.45, 7) is 0.908. The Labute approximate surface area is 85.0 Å². The molecule has 2 rings (SSSR count). The Hall–Kier alpha value is -0.960. The van der Waals surface area contributed by atoms with Crippen LogP contribution < -0.4 is 5.32 Å². The molecule has 76 valence electrons. The standard InChI is InChI=1S/C11H17N3/c1-2-4-11(5-3-1)14-8-10-6-12-9-13-7-10/h6-7,9,11,14H,1-5,8H2. The van der Waals surface area contributed by atoms with Gasteiger partial charge in [0.1, 0.15) is 6.33 Å². The van der Waals surface area contributed by atoms with E-state index in [1.54, 1.807) is 6.33 Å². The zero-order valence-electron chi connectivity index (χ0n) is 8.45. The van der Waals surface area contributed by atoms with Crippen LogP contribution in [-0.2, 0) is 6.54 Å². The first-order valence-corrected chi connectivity index (χ1v) is 5.42. The Balaban J connectivity index is 1.76. The van der Waals surface area contributed by atoms with Crippen LogP contribution >= 0.6 is 0 Å². The molecule has 1 heterocycles. The predicted molar refractivity (Wildman–Crippen MR) is 55.7 cm³/mol. The third-order valence-corrected chi connectivity index (χ3v) is 2.81. The fraction of sp³-hybridized carbons (Fsp3) is 0.636. The van der Waals surface area contributed by atoms with E-state index >= 15 is 0 Å². The van der Waals surface area contributed by atoms with Crippen molar-refractivity contribution in [1.82, 2.24) is 15.3 Å². The van der Waals surface area contributed by atoms with Gasteiger partial charge in [0.05, 0.1) is 0 Å². The van der Waals surface area contributed by atoms with Crippen LogP contribution in [0.25, 0.3) is 0 Å². The van der Waals surface area contributed by atoms with E-state index in [1.165, 1.54) is 37.7 Å². The molecular weight excluding hydrogens is 174 g/mol. The van der Waals surface area contributed by atoms with Gasteiger partial charge in [0.15, 0.2) is 0 Å². The molecule has 3 nitrogen and oxygen atoms in total. The molecule has 1 saturated carbocycles. The number of nitrogens with one attached hydrogen (secondary N) is 1. The minimum Gasteiger partial charge on any atom is -0.310 e. The molecule has 0 aliphatic heterocycles. The topological polar surface area (TPSA) is 37.8 Å². The molecule has 1 fully saturated rings. The fourth-order valence-corrected chi connectivity index (χ4v) is 1.99. The first-order valence-electron chi connectivity index (χ1n) is 5.42. The zero-order chi connectivity index (χ0) is 9.64. The zero-order valence-corrected chi connectivity index (χ0v) is 8.45. The van der Waals surface area contributed by atoms with Gasteiger partial charge in [-0.3, -0.25) is 0 Å². The van der Waals surface area contributed by atoms with E-state index in [0.29, 0.717) is 6.04 Å². The van der Waals surface area contributed by atoms with Crippen LogP contribution in [0.5, 0.6) is 0 Å². The van der Waals surface area contributed by atoms with Gasteiger partial charge in [-0.15, -0.1) is 0 Å². The maximum absolute atomic E-state index is 4.00. The first-order chi connectivity index (χ1) is 6.95. The van der Waals surface area contributed by atoms with Crippen molar-refractivity contribution in [2.45, 2.75) is 44.7 Å². The SMILES string of the molecule is c1ncc(CNC2CCCCC2)cn1. The van der Waals surface area contributed by atoms with Crippen molar-refractivity contribution in [3.8, 4) is 0 Å². The molecule has 1 aliphatic rings. The fourth-order valence-electron chi connectivity index (χ4n) is 1.99. The van der Waals surface area contributed by atoms with Crippen molar-refractivity contribution in [3.05, 3.63) is 24.3 Å². The molecule has 0 aromatic carbocycles. The van der Waals surface area contributed by atoms with E-state index in [0.717, 1.165) is 6.54 Å². The summed E-state index contributed by atoms with van der Waals surface area (Å²) in [7, 11) is 0. The number of hydrogen-bond acceptors (Lipinski definition) is 3. The summed E-state index contributed by atoms with van der Waals surface area (Å²) in [6.07, 6.45) is 12.1. The van der Waals surface area contributed by atoms with Crippen molar-refractivity contribution >= 4 is 0 Å². The molecule has 1 N–H and O–H groups in total. The lowest BCUT2D eigenvalue weighted by atomic mass is 9.95. The lowest BCUT2D eigenvalue weighted by molar-refractivity contribution is 0.372. The van der Waals surface area contributed by atoms with Gasteiger partial charge in [-0.1, -0.05) is 19.3 Å². The first kappa shape index (κ1) is 9.59. The summed E-state index contributed by atoms with van der Waals surface area (Å²) in [6, 6.07) is 0.712. The Morgan fingerprint density at radius 3 is 2.57 bits per heavy atom. The number of nitrogens with zero attached hydrogens (tertiary/aromatic N) is 2. The van der Waals surface area contributed by atoms with Crippen LogP contribution in [-0.4, -0.2) is 16.0 Å². The second-order valence-corrected chi connectivity index (χ2v) is 3.96. The van der Waals surface area contributed by atoms with E-state index in [-0.39, 0.29) is 0 Å². The van der Waals surface area contributed by atoms with Gasteiger partial charge in [0, 0.05) is 30.5 Å². The Kier molecular flexibility index (Phi) is 3.46. The molecule has 1 aromatic rings. The maximum atomic E-state index is 4.00. The lowest BCUT2D eigenvalue weighted by Gasteiger charge is -2.22. The number of rotatable bonds is 3. The highest BCUT2D eigenvalue weighted by Crippen LogP contribution is 2.17. The van der Waals surface area contributed by atoms with Crippen molar-refractivity contribution in [2.24, 2.45) is 0 Å². The molecule has 0 spiro atoms. The Morgan fingerprint density at radius 2 is 1.86 bits per heavy atom. The summed E-state index contributed by atoms with van der Waals surface area (Å²) < 4.78 is 0. The second kappa shape index (κ2) is 5.05. The average Bonchev–Trinajstić information content (AvgIpc) is 2.29. The van der Waals surface area contributed by atoms with Gasteiger partial charge in [0.25, 0.3) is 0 Å². The van der Waals surface area contributed by atoms with Crippen LogP contribution in [0.2, 0.25) is 0 Å². The van der Waals surface area contributed by atoms with Crippen LogP contribution in [0.4, 0.5) is 0 Å². The highest BCUT2D eigenvalue weighted by atomic mass is 14.9. The van der Waals surface area contributed by atoms with Crippen molar-refractivity contribution in [2.75, 3.05) is 0 Å². The highest BCUT2D eigenvalue weighted by molar-refractivity contribution is 5.01. The minimum atomic E-state index is 0.712. The molecule has 0 saturated heterocycles. The molecule has 1 aromatic heterocycles. The lowest BCUT2D eigenvalue weighted by Crippen LogP contribution is -2.30. The van der Waals surface area contributed by atoms with Crippen LogP contribution in [0.15, 0.2) is 18.7 Å². The van der Waals surface area contributed by atoms with Crippen LogP contribution in [0.3, 0.4) is 0 Å². The second-order valence-electron chi connectivity index (χ2n) is 3.96.